The SMILES string of the molecule is CCC1CN2CCCCC2CN1C1(C)CCOCC1. The van der Waals surface area contributed by atoms with E-state index in [1.54, 1.807) is 0 Å². The molecule has 3 nitrogen and oxygen atoms in total. The van der Waals surface area contributed by atoms with E-state index in [0.29, 0.717) is 5.54 Å². The largest absolute Gasteiger partial charge is 0.381 e. The van der Waals surface area contributed by atoms with E-state index in [2.05, 4.69) is 23.6 Å². The fourth-order valence-electron chi connectivity index (χ4n) is 4.36. The van der Waals surface area contributed by atoms with Crippen molar-refractivity contribution in [1.29, 1.82) is 0 Å². The van der Waals surface area contributed by atoms with Crippen molar-refractivity contribution in [3.05, 3.63) is 0 Å². The van der Waals surface area contributed by atoms with Crippen LogP contribution in [0.1, 0.15) is 52.4 Å². The lowest BCUT2D eigenvalue weighted by molar-refractivity contribution is -0.0875. The molecule has 0 amide bonds. The molecule has 2 atom stereocenters. The van der Waals surface area contributed by atoms with Crippen LogP contribution >= 0.6 is 0 Å². The Morgan fingerprint density at radius 2 is 1.95 bits per heavy atom. The highest BCUT2D eigenvalue weighted by Crippen LogP contribution is 2.35. The summed E-state index contributed by atoms with van der Waals surface area (Å²) >= 11 is 0. The summed E-state index contributed by atoms with van der Waals surface area (Å²) in [7, 11) is 0. The molecule has 0 bridgehead atoms. The molecule has 110 valence electrons. The zero-order valence-corrected chi connectivity index (χ0v) is 12.7. The van der Waals surface area contributed by atoms with Gasteiger partial charge in [0.25, 0.3) is 0 Å². The van der Waals surface area contributed by atoms with Crippen LogP contribution in [0.3, 0.4) is 0 Å². The van der Waals surface area contributed by atoms with Crippen molar-refractivity contribution in [2.24, 2.45) is 0 Å². The van der Waals surface area contributed by atoms with Crippen LogP contribution in [0, 0.1) is 0 Å². The van der Waals surface area contributed by atoms with Crippen LogP contribution in [0.15, 0.2) is 0 Å². The lowest BCUT2D eigenvalue weighted by Gasteiger charge is -2.55. The van der Waals surface area contributed by atoms with Crippen molar-refractivity contribution in [3.8, 4) is 0 Å². The number of nitrogens with zero attached hydrogens (tertiary/aromatic N) is 2. The molecule has 0 aromatic rings. The van der Waals surface area contributed by atoms with Crippen molar-refractivity contribution in [2.75, 3.05) is 32.8 Å². The van der Waals surface area contributed by atoms with Gasteiger partial charge in [-0.15, -0.1) is 0 Å². The van der Waals surface area contributed by atoms with Crippen molar-refractivity contribution in [1.82, 2.24) is 9.80 Å². The van der Waals surface area contributed by atoms with E-state index in [-0.39, 0.29) is 0 Å². The Bertz CT molecular complexity index is 301. The molecule has 0 aromatic heterocycles. The second kappa shape index (κ2) is 5.71. The van der Waals surface area contributed by atoms with Crippen LogP contribution in [0.2, 0.25) is 0 Å². The average Bonchev–Trinajstić information content (AvgIpc) is 2.46. The standard InChI is InChI=1S/C16H30N2O/c1-3-14-12-17-9-5-4-6-15(17)13-18(14)16(2)7-10-19-11-8-16/h14-15H,3-13H2,1-2H3. The molecule has 0 spiro atoms. The lowest BCUT2D eigenvalue weighted by atomic mass is 9.85. The fraction of sp³-hybridized carbons (Fsp3) is 1.00. The van der Waals surface area contributed by atoms with E-state index >= 15 is 0 Å². The zero-order valence-electron chi connectivity index (χ0n) is 12.7. The average molecular weight is 266 g/mol. The van der Waals surface area contributed by atoms with E-state index in [4.69, 9.17) is 4.74 Å². The van der Waals surface area contributed by atoms with E-state index in [0.717, 1.165) is 25.3 Å². The minimum atomic E-state index is 0.391. The molecule has 0 aliphatic carbocycles. The highest BCUT2D eigenvalue weighted by Gasteiger charge is 2.43. The van der Waals surface area contributed by atoms with Crippen molar-refractivity contribution < 1.29 is 4.74 Å². The molecule has 0 N–H and O–H groups in total. The summed E-state index contributed by atoms with van der Waals surface area (Å²) in [5.41, 5.74) is 0.391. The number of rotatable bonds is 2. The third kappa shape index (κ3) is 2.70. The van der Waals surface area contributed by atoms with Gasteiger partial charge in [-0.3, -0.25) is 9.80 Å². The van der Waals surface area contributed by atoms with Gasteiger partial charge in [-0.1, -0.05) is 13.3 Å². The van der Waals surface area contributed by atoms with Crippen LogP contribution in [0.5, 0.6) is 0 Å². The summed E-state index contributed by atoms with van der Waals surface area (Å²) in [6.45, 7) is 10.7. The van der Waals surface area contributed by atoms with E-state index < -0.39 is 0 Å². The van der Waals surface area contributed by atoms with Crippen LogP contribution in [0.4, 0.5) is 0 Å². The molecule has 3 fully saturated rings. The Morgan fingerprint density at radius 1 is 1.16 bits per heavy atom. The first kappa shape index (κ1) is 13.8. The summed E-state index contributed by atoms with van der Waals surface area (Å²) in [5, 5.41) is 0. The van der Waals surface area contributed by atoms with Gasteiger partial charge in [0.15, 0.2) is 0 Å². The molecule has 3 heteroatoms. The summed E-state index contributed by atoms with van der Waals surface area (Å²) < 4.78 is 5.59. The van der Waals surface area contributed by atoms with Gasteiger partial charge >= 0.3 is 0 Å². The van der Waals surface area contributed by atoms with Gasteiger partial charge < -0.3 is 4.74 Å². The second-order valence-corrected chi connectivity index (χ2v) is 6.97. The smallest absolute Gasteiger partial charge is 0.0483 e. The monoisotopic (exact) mass is 266 g/mol. The first-order chi connectivity index (χ1) is 9.23. The number of hydrogen-bond donors (Lipinski definition) is 0. The van der Waals surface area contributed by atoms with Crippen LogP contribution in [0.25, 0.3) is 0 Å². The maximum absolute atomic E-state index is 5.59. The molecule has 3 rings (SSSR count). The number of hydrogen-bond acceptors (Lipinski definition) is 3. The fourth-order valence-corrected chi connectivity index (χ4v) is 4.36. The Labute approximate surface area is 118 Å². The lowest BCUT2D eigenvalue weighted by Crippen LogP contribution is -2.66. The molecule has 2 unspecified atom stereocenters. The van der Waals surface area contributed by atoms with Crippen molar-refractivity contribution >= 4 is 0 Å². The number of piperidine rings is 1. The van der Waals surface area contributed by atoms with Gasteiger partial charge in [-0.2, -0.15) is 0 Å². The molecule has 3 saturated heterocycles. The van der Waals surface area contributed by atoms with Crippen LogP contribution in [-0.4, -0.2) is 60.3 Å². The summed E-state index contributed by atoms with van der Waals surface area (Å²) in [6.07, 6.45) is 8.00. The van der Waals surface area contributed by atoms with Crippen LogP contribution in [-0.2, 0) is 4.74 Å². The van der Waals surface area contributed by atoms with Crippen molar-refractivity contribution in [3.63, 3.8) is 0 Å². The number of piperazine rings is 1. The van der Waals surface area contributed by atoms with Gasteiger partial charge in [0.05, 0.1) is 0 Å². The molecule has 0 radical (unpaired) electrons. The molecular weight excluding hydrogens is 236 g/mol. The predicted molar refractivity (Wildman–Crippen MR) is 78.5 cm³/mol. The third-order valence-corrected chi connectivity index (χ3v) is 5.78. The maximum Gasteiger partial charge on any atom is 0.0483 e. The van der Waals surface area contributed by atoms with Gasteiger partial charge in [0.1, 0.15) is 0 Å². The molecule has 3 heterocycles. The first-order valence-electron chi connectivity index (χ1n) is 8.31. The highest BCUT2D eigenvalue weighted by molar-refractivity contribution is 4.99. The Morgan fingerprint density at radius 3 is 2.68 bits per heavy atom. The van der Waals surface area contributed by atoms with Gasteiger partial charge in [-0.25, -0.2) is 0 Å². The number of fused-ring (bicyclic) bond motifs is 1. The van der Waals surface area contributed by atoms with Gasteiger partial charge in [0.2, 0.25) is 0 Å². The Kier molecular flexibility index (Phi) is 4.16. The molecule has 0 saturated carbocycles. The highest BCUT2D eigenvalue weighted by atomic mass is 16.5. The predicted octanol–water partition coefficient (Wildman–Crippen LogP) is 2.50. The Hall–Kier alpha value is -0.120. The first-order valence-corrected chi connectivity index (χ1v) is 8.31. The van der Waals surface area contributed by atoms with E-state index in [1.807, 2.05) is 0 Å². The maximum atomic E-state index is 5.59. The summed E-state index contributed by atoms with van der Waals surface area (Å²) in [5.74, 6) is 0. The summed E-state index contributed by atoms with van der Waals surface area (Å²) in [6, 6.07) is 1.59. The quantitative estimate of drug-likeness (QED) is 0.764. The Balaban J connectivity index is 1.74. The minimum Gasteiger partial charge on any atom is -0.381 e. The van der Waals surface area contributed by atoms with Crippen LogP contribution < -0.4 is 0 Å². The van der Waals surface area contributed by atoms with Crippen molar-refractivity contribution in [2.45, 2.75) is 70.0 Å². The molecule has 3 aliphatic heterocycles. The normalized spacial score (nSPS) is 36.9. The van der Waals surface area contributed by atoms with E-state index in [9.17, 15) is 0 Å². The molecule has 3 aliphatic rings. The number of ether oxygens (including phenoxy) is 1. The topological polar surface area (TPSA) is 15.7 Å². The second-order valence-electron chi connectivity index (χ2n) is 6.97. The molecular formula is C16H30N2O. The third-order valence-electron chi connectivity index (χ3n) is 5.78. The minimum absolute atomic E-state index is 0.391. The van der Waals surface area contributed by atoms with Gasteiger partial charge in [0, 0.05) is 43.9 Å². The van der Waals surface area contributed by atoms with Gasteiger partial charge in [-0.05, 0) is 45.6 Å². The molecule has 0 aromatic carbocycles. The zero-order chi connectivity index (χ0) is 13.3. The molecule has 19 heavy (non-hydrogen) atoms. The summed E-state index contributed by atoms with van der Waals surface area (Å²) in [4.78, 5) is 5.64. The van der Waals surface area contributed by atoms with E-state index in [1.165, 1.54) is 58.2 Å².